The van der Waals surface area contributed by atoms with E-state index < -0.39 is 12.0 Å². The van der Waals surface area contributed by atoms with E-state index >= 15 is 0 Å². The molecule has 0 saturated carbocycles. The van der Waals surface area contributed by atoms with Crippen LogP contribution >= 0.6 is 11.6 Å². The molecule has 0 saturated heterocycles. The Balaban J connectivity index is 2.77. The Labute approximate surface area is 103 Å². The topological polar surface area (TPSA) is 104 Å². The average molecular weight is 258 g/mol. The molecule has 0 aromatic heterocycles. The fourth-order valence-electron chi connectivity index (χ4n) is 1.15. The molecule has 0 heterocycles. The van der Waals surface area contributed by atoms with Crippen LogP contribution < -0.4 is 16.4 Å². The standard InChI is InChI=1S/C10H12ClN3O3/c11-7-3-6(9(15)16)4-8(5-7)14-10(17)13-2-1-12/h3-5H,1-2,12H2,(H,15,16)(H2,13,14,17). The molecular formula is C10H12ClN3O3. The molecule has 0 fully saturated rings. The fraction of sp³-hybridized carbons (Fsp3) is 0.200. The van der Waals surface area contributed by atoms with Crippen LogP contribution in [0.4, 0.5) is 10.5 Å². The molecule has 92 valence electrons. The fourth-order valence-corrected chi connectivity index (χ4v) is 1.38. The molecule has 0 radical (unpaired) electrons. The number of anilines is 1. The average Bonchev–Trinajstić information content (AvgIpc) is 2.25. The molecule has 7 heteroatoms. The van der Waals surface area contributed by atoms with Crippen LogP contribution in [-0.2, 0) is 0 Å². The number of nitrogens with one attached hydrogen (secondary N) is 2. The van der Waals surface area contributed by atoms with Gasteiger partial charge in [-0.3, -0.25) is 0 Å². The van der Waals surface area contributed by atoms with Crippen molar-refractivity contribution in [3.05, 3.63) is 28.8 Å². The van der Waals surface area contributed by atoms with Crippen molar-refractivity contribution in [2.45, 2.75) is 0 Å². The summed E-state index contributed by atoms with van der Waals surface area (Å²) in [6.07, 6.45) is 0. The van der Waals surface area contributed by atoms with Gasteiger partial charge in [-0.25, -0.2) is 9.59 Å². The first-order chi connectivity index (χ1) is 8.02. The maximum atomic E-state index is 11.3. The number of benzene rings is 1. The molecule has 0 unspecified atom stereocenters. The van der Waals surface area contributed by atoms with Gasteiger partial charge in [0.05, 0.1) is 5.56 Å². The Morgan fingerprint density at radius 2 is 2.06 bits per heavy atom. The number of carbonyl (C=O) groups is 2. The Hall–Kier alpha value is -1.79. The van der Waals surface area contributed by atoms with Crippen molar-refractivity contribution in [2.75, 3.05) is 18.4 Å². The van der Waals surface area contributed by atoms with E-state index in [4.69, 9.17) is 22.4 Å². The highest BCUT2D eigenvalue weighted by Gasteiger charge is 2.08. The molecule has 0 aliphatic carbocycles. The molecule has 0 aliphatic heterocycles. The van der Waals surface area contributed by atoms with Gasteiger partial charge in [0.15, 0.2) is 0 Å². The van der Waals surface area contributed by atoms with Gasteiger partial charge in [0.2, 0.25) is 0 Å². The van der Waals surface area contributed by atoms with Gasteiger partial charge in [0.25, 0.3) is 0 Å². The van der Waals surface area contributed by atoms with Crippen molar-refractivity contribution < 1.29 is 14.7 Å². The number of nitrogens with two attached hydrogens (primary N) is 1. The zero-order valence-corrected chi connectivity index (χ0v) is 9.62. The van der Waals surface area contributed by atoms with Crippen molar-refractivity contribution in [3.8, 4) is 0 Å². The maximum absolute atomic E-state index is 11.3. The summed E-state index contributed by atoms with van der Waals surface area (Å²) in [6, 6.07) is 3.60. The third kappa shape index (κ3) is 4.29. The Bertz CT molecular complexity index is 437. The highest BCUT2D eigenvalue weighted by Crippen LogP contribution is 2.19. The Morgan fingerprint density at radius 1 is 1.35 bits per heavy atom. The van der Waals surface area contributed by atoms with Gasteiger partial charge in [-0.1, -0.05) is 11.6 Å². The number of hydrogen-bond donors (Lipinski definition) is 4. The maximum Gasteiger partial charge on any atom is 0.335 e. The summed E-state index contributed by atoms with van der Waals surface area (Å²) in [4.78, 5) is 22.1. The van der Waals surface area contributed by atoms with Crippen LogP contribution in [0, 0.1) is 0 Å². The number of rotatable bonds is 4. The number of hydrogen-bond acceptors (Lipinski definition) is 3. The molecule has 0 atom stereocenters. The highest BCUT2D eigenvalue weighted by atomic mass is 35.5. The molecule has 0 spiro atoms. The summed E-state index contributed by atoms with van der Waals surface area (Å²) < 4.78 is 0. The van der Waals surface area contributed by atoms with Crippen LogP contribution in [0.25, 0.3) is 0 Å². The van der Waals surface area contributed by atoms with E-state index in [-0.39, 0.29) is 10.6 Å². The van der Waals surface area contributed by atoms with E-state index in [2.05, 4.69) is 10.6 Å². The quantitative estimate of drug-likeness (QED) is 0.649. The van der Waals surface area contributed by atoms with E-state index in [1.807, 2.05) is 0 Å². The minimum atomic E-state index is -1.11. The van der Waals surface area contributed by atoms with E-state index in [1.165, 1.54) is 18.2 Å². The van der Waals surface area contributed by atoms with Gasteiger partial charge >= 0.3 is 12.0 Å². The molecular weight excluding hydrogens is 246 g/mol. The second-order valence-electron chi connectivity index (χ2n) is 3.20. The summed E-state index contributed by atoms with van der Waals surface area (Å²) in [5, 5.41) is 14.0. The van der Waals surface area contributed by atoms with Gasteiger partial charge in [-0.15, -0.1) is 0 Å². The van der Waals surface area contributed by atoms with E-state index in [0.717, 1.165) is 0 Å². The van der Waals surface area contributed by atoms with Crippen LogP contribution in [-0.4, -0.2) is 30.2 Å². The lowest BCUT2D eigenvalue weighted by Crippen LogP contribution is -2.32. The largest absolute Gasteiger partial charge is 0.478 e. The Kier molecular flexibility index (Phi) is 4.74. The van der Waals surface area contributed by atoms with Crippen molar-refractivity contribution >= 4 is 29.3 Å². The van der Waals surface area contributed by atoms with Crippen LogP contribution in [0.5, 0.6) is 0 Å². The molecule has 0 bridgehead atoms. The molecule has 5 N–H and O–H groups in total. The monoisotopic (exact) mass is 257 g/mol. The third-order valence-electron chi connectivity index (χ3n) is 1.83. The van der Waals surface area contributed by atoms with Crippen molar-refractivity contribution in [1.29, 1.82) is 0 Å². The highest BCUT2D eigenvalue weighted by molar-refractivity contribution is 6.31. The van der Waals surface area contributed by atoms with Gasteiger partial charge in [-0.05, 0) is 18.2 Å². The van der Waals surface area contributed by atoms with Gasteiger partial charge in [-0.2, -0.15) is 0 Å². The molecule has 2 amide bonds. The zero-order valence-electron chi connectivity index (χ0n) is 8.87. The van der Waals surface area contributed by atoms with Crippen molar-refractivity contribution in [3.63, 3.8) is 0 Å². The molecule has 17 heavy (non-hydrogen) atoms. The first-order valence-electron chi connectivity index (χ1n) is 4.81. The van der Waals surface area contributed by atoms with Crippen molar-refractivity contribution in [1.82, 2.24) is 5.32 Å². The number of carboxylic acid groups (broad SMARTS) is 1. The van der Waals surface area contributed by atoms with Crippen LogP contribution in [0.15, 0.2) is 18.2 Å². The summed E-state index contributed by atoms with van der Waals surface area (Å²) in [6.45, 7) is 0.654. The van der Waals surface area contributed by atoms with Crippen molar-refractivity contribution in [2.24, 2.45) is 5.73 Å². The SMILES string of the molecule is NCCNC(=O)Nc1cc(Cl)cc(C(=O)O)c1. The second-order valence-corrected chi connectivity index (χ2v) is 3.64. The normalized spacial score (nSPS) is 9.76. The summed E-state index contributed by atoms with van der Waals surface area (Å²) in [5.74, 6) is -1.11. The molecule has 1 aromatic rings. The zero-order chi connectivity index (χ0) is 12.8. The smallest absolute Gasteiger partial charge is 0.335 e. The third-order valence-corrected chi connectivity index (χ3v) is 2.05. The first-order valence-corrected chi connectivity index (χ1v) is 5.19. The Morgan fingerprint density at radius 3 is 2.65 bits per heavy atom. The van der Waals surface area contributed by atoms with Gasteiger partial charge in [0.1, 0.15) is 0 Å². The van der Waals surface area contributed by atoms with E-state index in [0.29, 0.717) is 18.8 Å². The molecule has 0 aliphatic rings. The molecule has 6 nitrogen and oxygen atoms in total. The number of urea groups is 1. The predicted molar refractivity (Wildman–Crippen MR) is 64.5 cm³/mol. The molecule has 1 aromatic carbocycles. The minimum Gasteiger partial charge on any atom is -0.478 e. The number of carbonyl (C=O) groups excluding carboxylic acids is 1. The minimum absolute atomic E-state index is 0.00613. The lowest BCUT2D eigenvalue weighted by atomic mass is 10.2. The second kappa shape index (κ2) is 6.07. The summed E-state index contributed by atoms with van der Waals surface area (Å²) in [5.41, 5.74) is 5.53. The van der Waals surface area contributed by atoms with Gasteiger partial charge < -0.3 is 21.5 Å². The summed E-state index contributed by atoms with van der Waals surface area (Å²) in [7, 11) is 0. The lowest BCUT2D eigenvalue weighted by molar-refractivity contribution is 0.0697. The van der Waals surface area contributed by atoms with Crippen LogP contribution in [0.2, 0.25) is 5.02 Å². The number of aromatic carboxylic acids is 1. The number of amides is 2. The van der Waals surface area contributed by atoms with E-state index in [9.17, 15) is 9.59 Å². The summed E-state index contributed by atoms with van der Waals surface area (Å²) >= 11 is 5.73. The lowest BCUT2D eigenvalue weighted by Gasteiger charge is -2.07. The number of halogens is 1. The van der Waals surface area contributed by atoms with E-state index in [1.54, 1.807) is 0 Å². The van der Waals surface area contributed by atoms with Crippen LogP contribution in [0.1, 0.15) is 10.4 Å². The molecule has 1 rings (SSSR count). The number of carboxylic acids is 1. The van der Waals surface area contributed by atoms with Gasteiger partial charge in [0, 0.05) is 23.8 Å². The predicted octanol–water partition coefficient (Wildman–Crippen LogP) is 1.12. The first kappa shape index (κ1) is 13.3. The van der Waals surface area contributed by atoms with Crippen LogP contribution in [0.3, 0.4) is 0 Å².